The Hall–Kier alpha value is -4.01. The predicted molar refractivity (Wildman–Crippen MR) is 111 cm³/mol. The second-order valence-corrected chi connectivity index (χ2v) is 6.90. The van der Waals surface area contributed by atoms with Crippen molar-refractivity contribution in [2.75, 3.05) is 16.8 Å². The Bertz CT molecular complexity index is 1090. The van der Waals surface area contributed by atoms with E-state index in [0.717, 1.165) is 29.2 Å². The predicted octanol–water partition coefficient (Wildman–Crippen LogP) is 3.53. The van der Waals surface area contributed by atoms with Crippen molar-refractivity contribution in [1.29, 1.82) is 0 Å². The fourth-order valence-electron chi connectivity index (χ4n) is 3.29. The third kappa shape index (κ3) is 4.66. The molecule has 3 amide bonds. The summed E-state index contributed by atoms with van der Waals surface area (Å²) in [5.41, 5.74) is 0.408. The Kier molecular flexibility index (Phi) is 6.38. The van der Waals surface area contributed by atoms with Crippen molar-refractivity contribution in [2.24, 2.45) is 0 Å². The summed E-state index contributed by atoms with van der Waals surface area (Å²) < 4.78 is 41.7. The molecule has 0 fully saturated rings. The third-order valence-electron chi connectivity index (χ3n) is 4.88. The third-order valence-corrected chi connectivity index (χ3v) is 4.88. The van der Waals surface area contributed by atoms with Crippen LogP contribution in [0.5, 0.6) is 0 Å². The molecule has 0 aromatic heterocycles. The minimum Gasteiger partial charge on any atom is -0.312 e. The van der Waals surface area contributed by atoms with Crippen molar-refractivity contribution in [3.05, 3.63) is 84.0 Å². The minimum absolute atomic E-state index is 0.0479. The van der Waals surface area contributed by atoms with Gasteiger partial charge < -0.3 is 4.90 Å². The van der Waals surface area contributed by atoms with Crippen molar-refractivity contribution >= 4 is 35.4 Å². The van der Waals surface area contributed by atoms with E-state index in [4.69, 9.17) is 0 Å². The molecule has 1 heterocycles. The standard InChI is InChI=1S/C23H17F3N2O4/c1-27(19(30)3-2-14-29)17-8-4-15(5-9-17)22(23(24,25)26)16-6-10-18(11-7-16)28-20(31)12-13-21(28)32/h2-14,22H,1H3/b3-2-. The lowest BCUT2D eigenvalue weighted by Gasteiger charge is -2.23. The maximum Gasteiger partial charge on any atom is 0.399 e. The van der Waals surface area contributed by atoms with Gasteiger partial charge in [0.05, 0.1) is 5.69 Å². The van der Waals surface area contributed by atoms with Crippen LogP contribution in [0.15, 0.2) is 72.8 Å². The maximum absolute atomic E-state index is 13.9. The van der Waals surface area contributed by atoms with Gasteiger partial charge >= 0.3 is 6.18 Å². The van der Waals surface area contributed by atoms with E-state index in [1.165, 1.54) is 60.5 Å². The number of benzene rings is 2. The van der Waals surface area contributed by atoms with E-state index in [9.17, 15) is 32.3 Å². The first-order valence-corrected chi connectivity index (χ1v) is 9.36. The molecule has 0 bridgehead atoms. The number of amides is 3. The number of likely N-dealkylation sites (N-methyl/N-ethyl adjacent to an activating group) is 1. The molecule has 3 rings (SSSR count). The molecule has 1 aliphatic heterocycles. The molecule has 0 saturated heterocycles. The Labute approximate surface area is 181 Å². The SMILES string of the molecule is CN(C(=O)/C=C\C=O)c1ccc(C(c2ccc(N3C(=O)C=CC3=O)cc2)C(F)(F)F)cc1. The number of anilines is 2. The van der Waals surface area contributed by atoms with Crippen LogP contribution in [0.3, 0.4) is 0 Å². The fourth-order valence-corrected chi connectivity index (χ4v) is 3.29. The molecule has 2 aromatic rings. The van der Waals surface area contributed by atoms with Crippen LogP contribution < -0.4 is 9.80 Å². The number of carbonyl (C=O) groups is 4. The number of carbonyl (C=O) groups excluding carboxylic acids is 4. The van der Waals surface area contributed by atoms with Crippen LogP contribution in [0, 0.1) is 0 Å². The quantitative estimate of drug-likeness (QED) is 0.390. The summed E-state index contributed by atoms with van der Waals surface area (Å²) in [7, 11) is 1.43. The number of rotatable bonds is 6. The van der Waals surface area contributed by atoms with Crippen LogP contribution in [-0.2, 0) is 19.2 Å². The lowest BCUT2D eigenvalue weighted by atomic mass is 9.90. The van der Waals surface area contributed by atoms with E-state index in [2.05, 4.69) is 0 Å². The molecule has 1 atom stereocenters. The van der Waals surface area contributed by atoms with Crippen LogP contribution >= 0.6 is 0 Å². The van der Waals surface area contributed by atoms with Gasteiger partial charge in [-0.1, -0.05) is 24.3 Å². The Balaban J connectivity index is 1.88. The number of alkyl halides is 3. The molecule has 0 aliphatic carbocycles. The zero-order valence-corrected chi connectivity index (χ0v) is 16.7. The van der Waals surface area contributed by atoms with Crippen molar-refractivity contribution in [3.63, 3.8) is 0 Å². The summed E-state index contributed by atoms with van der Waals surface area (Å²) in [5.74, 6) is -3.59. The second kappa shape index (κ2) is 9.01. The fraction of sp³-hybridized carbons (Fsp3) is 0.130. The van der Waals surface area contributed by atoms with Gasteiger partial charge in [0.2, 0.25) is 0 Å². The van der Waals surface area contributed by atoms with E-state index < -0.39 is 29.8 Å². The minimum atomic E-state index is -4.61. The Morgan fingerprint density at radius 3 is 1.91 bits per heavy atom. The molecule has 1 unspecified atom stereocenters. The molecule has 32 heavy (non-hydrogen) atoms. The second-order valence-electron chi connectivity index (χ2n) is 6.90. The topological polar surface area (TPSA) is 74.8 Å². The summed E-state index contributed by atoms with van der Waals surface area (Å²) in [6.45, 7) is 0. The van der Waals surface area contributed by atoms with Gasteiger partial charge in [0, 0.05) is 31.0 Å². The number of imide groups is 1. The summed E-state index contributed by atoms with van der Waals surface area (Å²) >= 11 is 0. The first-order chi connectivity index (χ1) is 15.1. The van der Waals surface area contributed by atoms with E-state index >= 15 is 0 Å². The average Bonchev–Trinajstić information content (AvgIpc) is 3.09. The van der Waals surface area contributed by atoms with Crippen LogP contribution in [0.4, 0.5) is 24.5 Å². The Morgan fingerprint density at radius 2 is 1.44 bits per heavy atom. The number of hydrogen-bond acceptors (Lipinski definition) is 4. The molecule has 0 N–H and O–H groups in total. The lowest BCUT2D eigenvalue weighted by Crippen LogP contribution is -2.29. The summed E-state index contributed by atoms with van der Waals surface area (Å²) in [6, 6.07) is 10.3. The number of halogens is 3. The molecule has 1 aliphatic rings. The molecular weight excluding hydrogens is 425 g/mol. The van der Waals surface area contributed by atoms with Crippen LogP contribution in [-0.4, -0.2) is 37.2 Å². The molecule has 164 valence electrons. The van der Waals surface area contributed by atoms with Crippen LogP contribution in [0.1, 0.15) is 17.0 Å². The molecular formula is C23H17F3N2O4. The van der Waals surface area contributed by atoms with Gasteiger partial charge in [0.1, 0.15) is 12.2 Å². The highest BCUT2D eigenvalue weighted by atomic mass is 19.4. The van der Waals surface area contributed by atoms with Gasteiger partial charge in [-0.3, -0.25) is 19.2 Å². The lowest BCUT2D eigenvalue weighted by molar-refractivity contribution is -0.141. The van der Waals surface area contributed by atoms with Crippen LogP contribution in [0.25, 0.3) is 0 Å². The van der Waals surface area contributed by atoms with Crippen molar-refractivity contribution in [1.82, 2.24) is 0 Å². The Morgan fingerprint density at radius 1 is 0.938 bits per heavy atom. The van der Waals surface area contributed by atoms with Crippen molar-refractivity contribution in [2.45, 2.75) is 12.1 Å². The monoisotopic (exact) mass is 442 g/mol. The van der Waals surface area contributed by atoms with Gasteiger partial charge in [-0.25, -0.2) is 4.90 Å². The maximum atomic E-state index is 13.9. The summed E-state index contributed by atoms with van der Waals surface area (Å²) in [4.78, 5) is 47.9. The summed E-state index contributed by atoms with van der Waals surface area (Å²) in [5, 5.41) is 0. The normalized spacial score (nSPS) is 14.8. The first kappa shape index (κ1) is 22.7. The summed E-state index contributed by atoms with van der Waals surface area (Å²) in [6.07, 6.45) is 0.0836. The zero-order valence-electron chi connectivity index (χ0n) is 16.7. The number of aldehydes is 1. The van der Waals surface area contributed by atoms with Gasteiger partial charge in [0.25, 0.3) is 17.7 Å². The van der Waals surface area contributed by atoms with Crippen molar-refractivity contribution in [3.8, 4) is 0 Å². The molecule has 9 heteroatoms. The van der Waals surface area contributed by atoms with E-state index in [0.29, 0.717) is 12.0 Å². The molecule has 2 aromatic carbocycles. The van der Waals surface area contributed by atoms with Crippen molar-refractivity contribution < 1.29 is 32.3 Å². The number of allylic oxidation sites excluding steroid dienone is 1. The zero-order chi connectivity index (χ0) is 23.5. The molecule has 0 spiro atoms. The average molecular weight is 442 g/mol. The molecule has 6 nitrogen and oxygen atoms in total. The highest BCUT2D eigenvalue weighted by Gasteiger charge is 2.42. The van der Waals surface area contributed by atoms with Crippen LogP contribution in [0.2, 0.25) is 0 Å². The van der Waals surface area contributed by atoms with Gasteiger partial charge in [-0.15, -0.1) is 0 Å². The molecule has 0 radical (unpaired) electrons. The van der Waals surface area contributed by atoms with Gasteiger partial charge in [-0.05, 0) is 41.5 Å². The van der Waals surface area contributed by atoms with E-state index in [1.807, 2.05) is 0 Å². The van der Waals surface area contributed by atoms with Gasteiger partial charge in [0.15, 0.2) is 0 Å². The van der Waals surface area contributed by atoms with E-state index in [-0.39, 0.29) is 16.8 Å². The first-order valence-electron chi connectivity index (χ1n) is 9.36. The smallest absolute Gasteiger partial charge is 0.312 e. The molecule has 0 saturated carbocycles. The highest BCUT2D eigenvalue weighted by molar-refractivity contribution is 6.28. The van der Waals surface area contributed by atoms with E-state index in [1.54, 1.807) is 0 Å². The van der Waals surface area contributed by atoms with Gasteiger partial charge in [-0.2, -0.15) is 13.2 Å². The number of nitrogens with zero attached hydrogens (tertiary/aromatic N) is 2. The highest BCUT2D eigenvalue weighted by Crippen LogP contribution is 2.41. The largest absolute Gasteiger partial charge is 0.399 e. The number of hydrogen-bond donors (Lipinski definition) is 0.